The van der Waals surface area contributed by atoms with Gasteiger partial charge in [-0.05, 0) is 6.07 Å². The topological polar surface area (TPSA) is 138 Å². The zero-order chi connectivity index (χ0) is 20.4. The second-order valence-corrected chi connectivity index (χ2v) is 7.06. The number of nitrogens with zero attached hydrogens (tertiary/aromatic N) is 5. The van der Waals surface area contributed by atoms with E-state index in [2.05, 4.69) is 20.7 Å². The van der Waals surface area contributed by atoms with Crippen molar-refractivity contribution in [3.8, 4) is 11.3 Å². The normalized spacial score (nSPS) is 24.1. The number of aromatic nitrogens is 5. The quantitative estimate of drug-likeness (QED) is 0.398. The van der Waals surface area contributed by atoms with Crippen molar-refractivity contribution in [1.82, 2.24) is 30.1 Å². The average Bonchev–Trinajstić information content (AvgIpc) is 3.29. The SMILES string of the molecule is O=c1ccc(-c2ccccc2)nn1Cc1cn(C[C@H]2N[C@H](CO)[C@@H](O)[C@@H]2O)nn1. The molecule has 4 rings (SSSR count). The minimum Gasteiger partial charge on any atom is -0.395 e. The first-order valence-corrected chi connectivity index (χ1v) is 9.31. The van der Waals surface area contributed by atoms with Gasteiger partial charge >= 0.3 is 0 Å². The first-order chi connectivity index (χ1) is 14.0. The molecule has 29 heavy (non-hydrogen) atoms. The van der Waals surface area contributed by atoms with Crippen LogP contribution in [-0.4, -0.2) is 71.0 Å². The summed E-state index contributed by atoms with van der Waals surface area (Å²) in [7, 11) is 0. The molecule has 4 atom stereocenters. The third kappa shape index (κ3) is 4.10. The molecule has 1 saturated heterocycles. The lowest BCUT2D eigenvalue weighted by atomic mass is 10.1. The van der Waals surface area contributed by atoms with Crippen LogP contribution < -0.4 is 10.9 Å². The fourth-order valence-corrected chi connectivity index (χ4v) is 3.45. The molecule has 1 aromatic carbocycles. The third-order valence-corrected chi connectivity index (χ3v) is 5.02. The number of aliphatic hydroxyl groups excluding tert-OH is 3. The molecule has 0 bridgehead atoms. The van der Waals surface area contributed by atoms with Crippen molar-refractivity contribution in [2.75, 3.05) is 6.61 Å². The highest BCUT2D eigenvalue weighted by Crippen LogP contribution is 2.16. The van der Waals surface area contributed by atoms with Crippen molar-refractivity contribution < 1.29 is 15.3 Å². The van der Waals surface area contributed by atoms with E-state index in [-0.39, 0.29) is 25.3 Å². The van der Waals surface area contributed by atoms with Gasteiger partial charge < -0.3 is 20.6 Å². The summed E-state index contributed by atoms with van der Waals surface area (Å²) in [5.74, 6) is 0. The highest BCUT2D eigenvalue weighted by molar-refractivity contribution is 5.57. The summed E-state index contributed by atoms with van der Waals surface area (Å²) in [4.78, 5) is 12.2. The Morgan fingerprint density at radius 3 is 2.52 bits per heavy atom. The average molecular weight is 398 g/mol. The van der Waals surface area contributed by atoms with Crippen LogP contribution in [0.3, 0.4) is 0 Å². The highest BCUT2D eigenvalue weighted by atomic mass is 16.3. The molecule has 0 spiro atoms. The zero-order valence-electron chi connectivity index (χ0n) is 15.5. The fourth-order valence-electron chi connectivity index (χ4n) is 3.45. The summed E-state index contributed by atoms with van der Waals surface area (Å²) in [6.07, 6.45) is -0.403. The lowest BCUT2D eigenvalue weighted by molar-refractivity contribution is 0.0175. The predicted molar refractivity (Wildman–Crippen MR) is 103 cm³/mol. The Morgan fingerprint density at radius 2 is 1.79 bits per heavy atom. The molecule has 152 valence electrons. The van der Waals surface area contributed by atoms with Crippen LogP contribution in [0.25, 0.3) is 11.3 Å². The molecular weight excluding hydrogens is 376 g/mol. The predicted octanol–water partition coefficient (Wildman–Crippen LogP) is -1.40. The van der Waals surface area contributed by atoms with Gasteiger partial charge in [0.25, 0.3) is 5.56 Å². The molecule has 0 aliphatic carbocycles. The number of rotatable bonds is 6. The molecule has 0 saturated carbocycles. The Kier molecular flexibility index (Phi) is 5.49. The molecule has 10 heteroatoms. The zero-order valence-corrected chi connectivity index (χ0v) is 15.5. The van der Waals surface area contributed by atoms with Crippen LogP contribution in [0.5, 0.6) is 0 Å². The lowest BCUT2D eigenvalue weighted by Gasteiger charge is -2.15. The summed E-state index contributed by atoms with van der Waals surface area (Å²) < 4.78 is 2.85. The van der Waals surface area contributed by atoms with E-state index in [1.54, 1.807) is 12.3 Å². The van der Waals surface area contributed by atoms with Crippen LogP contribution in [-0.2, 0) is 13.1 Å². The van der Waals surface area contributed by atoms with Gasteiger partial charge in [0, 0.05) is 11.6 Å². The van der Waals surface area contributed by atoms with Crippen LogP contribution in [0.2, 0.25) is 0 Å². The number of benzene rings is 1. The van der Waals surface area contributed by atoms with Gasteiger partial charge in [0.05, 0.1) is 55.9 Å². The van der Waals surface area contributed by atoms with Crippen molar-refractivity contribution in [3.63, 3.8) is 0 Å². The molecular formula is C19H22N6O4. The summed E-state index contributed by atoms with van der Waals surface area (Å²) in [5, 5.41) is 44.7. The molecule has 0 amide bonds. The second kappa shape index (κ2) is 8.21. The Bertz CT molecular complexity index is 1020. The van der Waals surface area contributed by atoms with Gasteiger partial charge in [-0.2, -0.15) is 5.10 Å². The standard InChI is InChI=1S/C19H22N6O4/c26-11-16-19(29)18(28)15(20-16)10-24-8-13(21-23-24)9-25-17(27)7-6-14(22-25)12-4-2-1-3-5-12/h1-8,15-16,18-20,26,28-29H,9-11H2/t15-,16-,18-,19-/m1/s1. The van der Waals surface area contributed by atoms with Crippen LogP contribution in [0.15, 0.2) is 53.5 Å². The third-order valence-electron chi connectivity index (χ3n) is 5.02. The summed E-state index contributed by atoms with van der Waals surface area (Å²) in [6.45, 7) is 0.139. The molecule has 0 unspecified atom stereocenters. The van der Waals surface area contributed by atoms with E-state index >= 15 is 0 Å². The van der Waals surface area contributed by atoms with Gasteiger partial charge in [-0.1, -0.05) is 35.5 Å². The van der Waals surface area contributed by atoms with Crippen LogP contribution in [0.4, 0.5) is 0 Å². The van der Waals surface area contributed by atoms with Crippen molar-refractivity contribution >= 4 is 0 Å². The number of hydrogen-bond acceptors (Lipinski definition) is 8. The maximum atomic E-state index is 12.2. The monoisotopic (exact) mass is 398 g/mol. The molecule has 1 aliphatic rings. The van der Waals surface area contributed by atoms with Gasteiger partial charge in [-0.3, -0.25) is 9.48 Å². The minimum atomic E-state index is -1.04. The molecule has 4 N–H and O–H groups in total. The smallest absolute Gasteiger partial charge is 0.267 e. The molecule has 1 aliphatic heterocycles. The van der Waals surface area contributed by atoms with E-state index in [9.17, 15) is 20.1 Å². The maximum absolute atomic E-state index is 12.2. The molecule has 10 nitrogen and oxygen atoms in total. The lowest BCUT2D eigenvalue weighted by Crippen LogP contribution is -2.38. The number of nitrogens with one attached hydrogen (secondary N) is 1. The van der Waals surface area contributed by atoms with Gasteiger partial charge in [-0.25, -0.2) is 4.68 Å². The minimum absolute atomic E-state index is 0.155. The molecule has 2 aromatic heterocycles. The number of hydrogen-bond donors (Lipinski definition) is 4. The Labute approximate surface area is 166 Å². The molecule has 3 heterocycles. The van der Waals surface area contributed by atoms with E-state index in [1.807, 2.05) is 30.3 Å². The van der Waals surface area contributed by atoms with Crippen molar-refractivity contribution in [3.05, 3.63) is 64.7 Å². The summed E-state index contributed by atoms with van der Waals surface area (Å²) in [6, 6.07) is 11.7. The van der Waals surface area contributed by atoms with Crippen LogP contribution in [0.1, 0.15) is 5.69 Å². The Morgan fingerprint density at radius 1 is 1.03 bits per heavy atom. The van der Waals surface area contributed by atoms with Gasteiger partial charge in [0.15, 0.2) is 0 Å². The maximum Gasteiger partial charge on any atom is 0.267 e. The first kappa shape index (κ1) is 19.4. The molecule has 3 aromatic rings. The number of aliphatic hydroxyl groups is 3. The van der Waals surface area contributed by atoms with Gasteiger partial charge in [-0.15, -0.1) is 5.10 Å². The first-order valence-electron chi connectivity index (χ1n) is 9.31. The Hall–Kier alpha value is -2.92. The van der Waals surface area contributed by atoms with E-state index in [0.717, 1.165) is 5.56 Å². The largest absolute Gasteiger partial charge is 0.395 e. The van der Waals surface area contributed by atoms with E-state index < -0.39 is 24.3 Å². The summed E-state index contributed by atoms with van der Waals surface area (Å²) in [5.41, 5.74) is 1.88. The van der Waals surface area contributed by atoms with Crippen molar-refractivity contribution in [1.29, 1.82) is 0 Å². The fraction of sp³-hybridized carbons (Fsp3) is 0.368. The second-order valence-electron chi connectivity index (χ2n) is 7.06. The molecule has 1 fully saturated rings. The van der Waals surface area contributed by atoms with Crippen LogP contribution in [0, 0.1) is 0 Å². The van der Waals surface area contributed by atoms with Gasteiger partial charge in [0.2, 0.25) is 0 Å². The van der Waals surface area contributed by atoms with Crippen molar-refractivity contribution in [2.45, 2.75) is 37.4 Å². The van der Waals surface area contributed by atoms with Crippen LogP contribution >= 0.6 is 0 Å². The highest BCUT2D eigenvalue weighted by Gasteiger charge is 2.40. The van der Waals surface area contributed by atoms with Crippen molar-refractivity contribution in [2.24, 2.45) is 0 Å². The van der Waals surface area contributed by atoms with E-state index in [0.29, 0.717) is 11.4 Å². The van der Waals surface area contributed by atoms with Gasteiger partial charge in [0.1, 0.15) is 5.69 Å². The van der Waals surface area contributed by atoms with E-state index in [1.165, 1.54) is 15.4 Å². The summed E-state index contributed by atoms with van der Waals surface area (Å²) >= 11 is 0. The Balaban J connectivity index is 1.48. The molecule has 0 radical (unpaired) electrons. The van der Waals surface area contributed by atoms with E-state index in [4.69, 9.17) is 0 Å².